The number of carboxylic acid groups (broad SMARTS) is 1. The average Bonchev–Trinajstić information content (AvgIpc) is 2.25. The van der Waals surface area contributed by atoms with Gasteiger partial charge in [-0.25, -0.2) is 0 Å². The second-order valence-electron chi connectivity index (χ2n) is 3.96. The summed E-state index contributed by atoms with van der Waals surface area (Å²) in [4.78, 5) is 10.2. The van der Waals surface area contributed by atoms with E-state index in [0.29, 0.717) is 6.42 Å². The quantitative estimate of drug-likeness (QED) is 0.443. The number of unbranched alkanes of at least 4 members (excludes halogenated alkanes) is 5. The number of hydrogen-bond donors (Lipinski definition) is 1. The molecule has 2 nitrogen and oxygen atoms in total. The Labute approximate surface area is 99.1 Å². The summed E-state index contributed by atoms with van der Waals surface area (Å²) >= 11 is 0. The Morgan fingerprint density at radius 2 is 1.56 bits per heavy atom. The maximum absolute atomic E-state index is 10.2. The highest BCUT2D eigenvalue weighted by molar-refractivity contribution is 5.66. The van der Waals surface area contributed by atoms with Crippen LogP contribution in [0.25, 0.3) is 0 Å². The minimum Gasteiger partial charge on any atom is -0.481 e. The van der Waals surface area contributed by atoms with Gasteiger partial charge in [0.2, 0.25) is 0 Å². The van der Waals surface area contributed by atoms with Crippen molar-refractivity contribution in [3.63, 3.8) is 0 Å². The molecule has 0 atom stereocenters. The minimum absolute atomic E-state index is 0.319. The van der Waals surface area contributed by atoms with Crippen molar-refractivity contribution in [2.75, 3.05) is 0 Å². The highest BCUT2D eigenvalue weighted by atomic mass is 16.4. The SMILES string of the molecule is CC=CCCC=CCCCCCCC(=O)O. The lowest BCUT2D eigenvalue weighted by molar-refractivity contribution is -0.137. The van der Waals surface area contributed by atoms with Crippen LogP contribution >= 0.6 is 0 Å². The van der Waals surface area contributed by atoms with Crippen LogP contribution in [0.15, 0.2) is 24.3 Å². The van der Waals surface area contributed by atoms with Crippen molar-refractivity contribution in [1.29, 1.82) is 0 Å². The van der Waals surface area contributed by atoms with E-state index >= 15 is 0 Å². The Morgan fingerprint density at radius 3 is 2.25 bits per heavy atom. The summed E-state index contributed by atoms with van der Waals surface area (Å²) in [5.74, 6) is -0.677. The molecule has 0 aromatic carbocycles. The van der Waals surface area contributed by atoms with Crippen molar-refractivity contribution in [1.82, 2.24) is 0 Å². The zero-order valence-corrected chi connectivity index (χ0v) is 10.3. The van der Waals surface area contributed by atoms with Crippen molar-refractivity contribution in [3.05, 3.63) is 24.3 Å². The van der Waals surface area contributed by atoms with Crippen LogP contribution < -0.4 is 0 Å². The van der Waals surface area contributed by atoms with E-state index in [1.165, 1.54) is 6.42 Å². The maximum Gasteiger partial charge on any atom is 0.303 e. The van der Waals surface area contributed by atoms with Gasteiger partial charge in [-0.15, -0.1) is 0 Å². The fraction of sp³-hybridized carbons (Fsp3) is 0.643. The topological polar surface area (TPSA) is 37.3 Å². The molecule has 16 heavy (non-hydrogen) atoms. The lowest BCUT2D eigenvalue weighted by Crippen LogP contribution is -1.93. The standard InChI is InChI=1S/C14H24O2/c1-2-3-4-5-6-7-8-9-10-11-12-13-14(15)16/h2-3,6-7H,4-5,8-13H2,1H3,(H,15,16). The Balaban J connectivity index is 3.11. The van der Waals surface area contributed by atoms with Gasteiger partial charge in [0.15, 0.2) is 0 Å². The first-order valence-electron chi connectivity index (χ1n) is 6.25. The summed E-state index contributed by atoms with van der Waals surface area (Å²) in [6.07, 6.45) is 16.6. The molecule has 1 N–H and O–H groups in total. The van der Waals surface area contributed by atoms with Crippen LogP contribution in [0.5, 0.6) is 0 Å². The molecule has 0 bridgehead atoms. The van der Waals surface area contributed by atoms with Gasteiger partial charge in [0, 0.05) is 6.42 Å². The van der Waals surface area contributed by atoms with Gasteiger partial charge < -0.3 is 5.11 Å². The fourth-order valence-corrected chi connectivity index (χ4v) is 1.49. The molecule has 0 heterocycles. The van der Waals surface area contributed by atoms with Crippen LogP contribution in [0.4, 0.5) is 0 Å². The minimum atomic E-state index is -0.677. The molecular formula is C14H24O2. The van der Waals surface area contributed by atoms with E-state index in [2.05, 4.69) is 24.3 Å². The van der Waals surface area contributed by atoms with Crippen molar-refractivity contribution >= 4 is 5.97 Å². The van der Waals surface area contributed by atoms with Crippen LogP contribution in [0.2, 0.25) is 0 Å². The third kappa shape index (κ3) is 12.9. The number of hydrogen-bond acceptors (Lipinski definition) is 1. The van der Waals surface area contributed by atoms with Crippen LogP contribution in [0.3, 0.4) is 0 Å². The second kappa shape index (κ2) is 12.0. The smallest absolute Gasteiger partial charge is 0.303 e. The summed E-state index contributed by atoms with van der Waals surface area (Å²) < 4.78 is 0. The summed E-state index contributed by atoms with van der Waals surface area (Å²) in [7, 11) is 0. The monoisotopic (exact) mass is 224 g/mol. The van der Waals surface area contributed by atoms with Gasteiger partial charge in [-0.2, -0.15) is 0 Å². The highest BCUT2D eigenvalue weighted by Gasteiger charge is 1.95. The van der Waals surface area contributed by atoms with Crippen molar-refractivity contribution < 1.29 is 9.90 Å². The lowest BCUT2D eigenvalue weighted by Gasteiger charge is -1.96. The van der Waals surface area contributed by atoms with Crippen LogP contribution in [-0.4, -0.2) is 11.1 Å². The number of carboxylic acids is 1. The molecule has 0 saturated carbocycles. The Morgan fingerprint density at radius 1 is 0.938 bits per heavy atom. The Bertz CT molecular complexity index is 217. The number of rotatable bonds is 10. The second-order valence-corrected chi connectivity index (χ2v) is 3.96. The molecule has 0 radical (unpaired) electrons. The number of carbonyl (C=O) groups is 1. The summed E-state index contributed by atoms with van der Waals surface area (Å²) in [5.41, 5.74) is 0. The van der Waals surface area contributed by atoms with Crippen molar-refractivity contribution in [2.24, 2.45) is 0 Å². The van der Waals surface area contributed by atoms with E-state index in [1.807, 2.05) is 6.92 Å². The normalized spacial score (nSPS) is 11.6. The zero-order chi connectivity index (χ0) is 12.1. The third-order valence-corrected chi connectivity index (χ3v) is 2.41. The van der Waals surface area contributed by atoms with Gasteiger partial charge in [-0.05, 0) is 39.0 Å². The zero-order valence-electron chi connectivity index (χ0n) is 10.3. The van der Waals surface area contributed by atoms with E-state index in [9.17, 15) is 4.79 Å². The fourth-order valence-electron chi connectivity index (χ4n) is 1.49. The average molecular weight is 224 g/mol. The molecule has 0 unspecified atom stereocenters. The van der Waals surface area contributed by atoms with Crippen molar-refractivity contribution in [2.45, 2.75) is 58.3 Å². The molecular weight excluding hydrogens is 200 g/mol. The Kier molecular flexibility index (Phi) is 11.2. The maximum atomic E-state index is 10.2. The largest absolute Gasteiger partial charge is 0.481 e. The van der Waals surface area contributed by atoms with Crippen LogP contribution in [-0.2, 0) is 4.79 Å². The Hall–Kier alpha value is -1.05. The summed E-state index contributed by atoms with van der Waals surface area (Å²) in [5, 5.41) is 8.44. The highest BCUT2D eigenvalue weighted by Crippen LogP contribution is 2.06. The third-order valence-electron chi connectivity index (χ3n) is 2.41. The summed E-state index contributed by atoms with van der Waals surface area (Å²) in [6.45, 7) is 2.04. The predicted molar refractivity (Wildman–Crippen MR) is 68.5 cm³/mol. The van der Waals surface area contributed by atoms with E-state index < -0.39 is 5.97 Å². The van der Waals surface area contributed by atoms with Gasteiger partial charge in [-0.3, -0.25) is 4.79 Å². The predicted octanol–water partition coefficient (Wildman–Crippen LogP) is 4.32. The molecule has 0 rings (SSSR count). The molecule has 0 aromatic rings. The molecule has 0 saturated heterocycles. The lowest BCUT2D eigenvalue weighted by atomic mass is 10.1. The molecule has 0 aliphatic carbocycles. The molecule has 0 aliphatic rings. The number of aliphatic carboxylic acids is 1. The molecule has 0 aromatic heterocycles. The molecule has 92 valence electrons. The molecule has 0 amide bonds. The van der Waals surface area contributed by atoms with Crippen LogP contribution in [0.1, 0.15) is 58.3 Å². The van der Waals surface area contributed by atoms with E-state index in [1.54, 1.807) is 0 Å². The van der Waals surface area contributed by atoms with E-state index in [0.717, 1.165) is 38.5 Å². The van der Waals surface area contributed by atoms with Gasteiger partial charge in [-0.1, -0.05) is 37.1 Å². The first kappa shape index (κ1) is 14.9. The van der Waals surface area contributed by atoms with Crippen LogP contribution in [0, 0.1) is 0 Å². The van der Waals surface area contributed by atoms with Gasteiger partial charge in [0.25, 0.3) is 0 Å². The summed E-state index contributed by atoms with van der Waals surface area (Å²) in [6, 6.07) is 0. The van der Waals surface area contributed by atoms with Gasteiger partial charge in [0.1, 0.15) is 0 Å². The molecule has 2 heteroatoms. The number of allylic oxidation sites excluding steroid dienone is 4. The first-order valence-corrected chi connectivity index (χ1v) is 6.25. The molecule has 0 fully saturated rings. The van der Waals surface area contributed by atoms with Gasteiger partial charge >= 0.3 is 5.97 Å². The van der Waals surface area contributed by atoms with Gasteiger partial charge in [0.05, 0.1) is 0 Å². The van der Waals surface area contributed by atoms with E-state index in [4.69, 9.17) is 5.11 Å². The first-order chi connectivity index (χ1) is 7.77. The molecule has 0 aliphatic heterocycles. The van der Waals surface area contributed by atoms with E-state index in [-0.39, 0.29) is 0 Å². The molecule has 0 spiro atoms. The van der Waals surface area contributed by atoms with Crippen molar-refractivity contribution in [3.8, 4) is 0 Å².